The van der Waals surface area contributed by atoms with Crippen molar-refractivity contribution >= 4 is 5.82 Å². The average Bonchev–Trinajstić information content (AvgIpc) is 2.99. The van der Waals surface area contributed by atoms with E-state index in [2.05, 4.69) is 29.9 Å². The summed E-state index contributed by atoms with van der Waals surface area (Å²) in [6, 6.07) is 14.2. The van der Waals surface area contributed by atoms with Gasteiger partial charge in [-0.1, -0.05) is 30.3 Å². The van der Waals surface area contributed by atoms with Crippen LogP contribution in [0.5, 0.6) is 0 Å². The van der Waals surface area contributed by atoms with Gasteiger partial charge in [-0.2, -0.15) is 5.10 Å². The molecule has 0 bridgehead atoms. The fourth-order valence-corrected chi connectivity index (χ4v) is 3.63. The molecule has 0 N–H and O–H groups in total. The van der Waals surface area contributed by atoms with Crippen LogP contribution in [0, 0.1) is 13.8 Å². The Kier molecular flexibility index (Phi) is 4.66. The molecule has 1 saturated heterocycles. The molecule has 0 spiro atoms. The van der Waals surface area contributed by atoms with Crippen molar-refractivity contribution in [3.8, 4) is 17.2 Å². The summed E-state index contributed by atoms with van der Waals surface area (Å²) in [6.07, 6.45) is 0.335. The first-order valence-corrected chi connectivity index (χ1v) is 9.38. The smallest absolute Gasteiger partial charge is 0.163 e. The minimum atomic E-state index is 0.168. The molecular weight excluding hydrogens is 338 g/mol. The molecule has 1 aromatic carbocycles. The first-order chi connectivity index (χ1) is 13.0. The fraction of sp³-hybridized carbons (Fsp3) is 0.381. The van der Waals surface area contributed by atoms with Crippen LogP contribution in [0.15, 0.2) is 42.5 Å². The Morgan fingerprint density at radius 3 is 2.22 bits per heavy atom. The minimum absolute atomic E-state index is 0.168. The summed E-state index contributed by atoms with van der Waals surface area (Å²) < 4.78 is 7.78. The summed E-state index contributed by atoms with van der Waals surface area (Å²) in [4.78, 5) is 12.0. The van der Waals surface area contributed by atoms with Gasteiger partial charge in [-0.05, 0) is 33.8 Å². The SMILES string of the molecule is Cc1cc(C)n(-c2cc(N3C[C@@H](C)O[C@@H](C)C3)nc(-c3ccccc3)n2)n1. The number of benzene rings is 1. The largest absolute Gasteiger partial charge is 0.372 e. The Morgan fingerprint density at radius 2 is 1.59 bits per heavy atom. The van der Waals surface area contributed by atoms with E-state index in [0.29, 0.717) is 5.82 Å². The summed E-state index contributed by atoms with van der Waals surface area (Å²) in [5, 5.41) is 4.61. The lowest BCUT2D eigenvalue weighted by Gasteiger charge is -2.36. The van der Waals surface area contributed by atoms with Crippen LogP contribution in [0.4, 0.5) is 5.82 Å². The van der Waals surface area contributed by atoms with Gasteiger partial charge in [0, 0.05) is 30.4 Å². The Bertz CT molecular complexity index is 927. The highest BCUT2D eigenvalue weighted by Crippen LogP contribution is 2.25. The van der Waals surface area contributed by atoms with Crippen LogP contribution in [-0.4, -0.2) is 45.0 Å². The summed E-state index contributed by atoms with van der Waals surface area (Å²) in [7, 11) is 0. The van der Waals surface area contributed by atoms with E-state index in [4.69, 9.17) is 14.7 Å². The van der Waals surface area contributed by atoms with Crippen molar-refractivity contribution in [3.63, 3.8) is 0 Å². The van der Waals surface area contributed by atoms with E-state index in [-0.39, 0.29) is 12.2 Å². The van der Waals surface area contributed by atoms with E-state index in [9.17, 15) is 0 Å². The molecule has 0 amide bonds. The van der Waals surface area contributed by atoms with Crippen molar-refractivity contribution in [2.75, 3.05) is 18.0 Å². The maximum absolute atomic E-state index is 5.89. The third-order valence-electron chi connectivity index (χ3n) is 4.70. The Hall–Kier alpha value is -2.73. The highest BCUT2D eigenvalue weighted by molar-refractivity contribution is 5.60. The van der Waals surface area contributed by atoms with Crippen molar-refractivity contribution in [3.05, 3.63) is 53.9 Å². The highest BCUT2D eigenvalue weighted by Gasteiger charge is 2.24. The zero-order valence-electron chi connectivity index (χ0n) is 16.3. The van der Waals surface area contributed by atoms with Gasteiger partial charge >= 0.3 is 0 Å². The molecule has 0 unspecified atom stereocenters. The number of rotatable bonds is 3. The maximum Gasteiger partial charge on any atom is 0.163 e. The van der Waals surface area contributed by atoms with Gasteiger partial charge in [-0.3, -0.25) is 0 Å². The van der Waals surface area contributed by atoms with E-state index < -0.39 is 0 Å². The first-order valence-electron chi connectivity index (χ1n) is 9.38. The molecule has 1 aliphatic heterocycles. The number of morpholine rings is 1. The molecule has 1 fully saturated rings. The van der Waals surface area contributed by atoms with Crippen LogP contribution in [0.3, 0.4) is 0 Å². The normalized spacial score (nSPS) is 20.1. The van der Waals surface area contributed by atoms with E-state index in [1.54, 1.807) is 0 Å². The van der Waals surface area contributed by atoms with Gasteiger partial charge in [-0.25, -0.2) is 14.6 Å². The van der Waals surface area contributed by atoms with E-state index in [0.717, 1.165) is 41.7 Å². The zero-order chi connectivity index (χ0) is 19.0. The number of nitrogens with zero attached hydrogens (tertiary/aromatic N) is 5. The molecule has 6 heteroatoms. The number of hydrogen-bond donors (Lipinski definition) is 0. The van der Waals surface area contributed by atoms with Crippen molar-refractivity contribution < 1.29 is 4.74 Å². The van der Waals surface area contributed by atoms with Crippen molar-refractivity contribution in [2.45, 2.75) is 39.9 Å². The summed E-state index contributed by atoms with van der Waals surface area (Å²) in [5.41, 5.74) is 3.03. The van der Waals surface area contributed by atoms with E-state index in [1.807, 2.05) is 54.9 Å². The third-order valence-corrected chi connectivity index (χ3v) is 4.70. The van der Waals surface area contributed by atoms with Gasteiger partial charge in [0.2, 0.25) is 0 Å². The second kappa shape index (κ2) is 7.12. The van der Waals surface area contributed by atoms with E-state index in [1.165, 1.54) is 0 Å². The van der Waals surface area contributed by atoms with Crippen LogP contribution >= 0.6 is 0 Å². The highest BCUT2D eigenvalue weighted by atomic mass is 16.5. The third kappa shape index (κ3) is 3.71. The molecule has 140 valence electrons. The Balaban J connectivity index is 1.83. The van der Waals surface area contributed by atoms with Crippen LogP contribution in [0.2, 0.25) is 0 Å². The molecule has 6 nitrogen and oxygen atoms in total. The molecule has 1 aliphatic rings. The minimum Gasteiger partial charge on any atom is -0.372 e. The molecule has 0 radical (unpaired) electrons. The van der Waals surface area contributed by atoms with Crippen molar-refractivity contribution in [1.82, 2.24) is 19.7 Å². The number of hydrogen-bond acceptors (Lipinski definition) is 5. The standard InChI is InChI=1S/C21H25N5O/c1-14-10-15(2)26(24-14)20-11-19(25-12-16(3)27-17(4)13-25)22-21(23-20)18-8-6-5-7-9-18/h5-11,16-17H,12-13H2,1-4H3/t16-,17+. The van der Waals surface area contributed by atoms with Gasteiger partial charge < -0.3 is 9.64 Å². The molecule has 0 aliphatic carbocycles. The Labute approximate surface area is 159 Å². The monoisotopic (exact) mass is 363 g/mol. The van der Waals surface area contributed by atoms with Crippen LogP contribution in [0.25, 0.3) is 17.2 Å². The zero-order valence-corrected chi connectivity index (χ0v) is 16.3. The number of aromatic nitrogens is 4. The Morgan fingerprint density at radius 1 is 0.926 bits per heavy atom. The van der Waals surface area contributed by atoms with Gasteiger partial charge in [0.15, 0.2) is 11.6 Å². The summed E-state index contributed by atoms with van der Waals surface area (Å²) >= 11 is 0. The summed E-state index contributed by atoms with van der Waals surface area (Å²) in [5.74, 6) is 2.41. The molecule has 2 aromatic heterocycles. The lowest BCUT2D eigenvalue weighted by molar-refractivity contribution is -0.00546. The molecular formula is C21H25N5O. The number of anilines is 1. The van der Waals surface area contributed by atoms with Crippen molar-refractivity contribution in [2.24, 2.45) is 0 Å². The number of ether oxygens (including phenoxy) is 1. The molecule has 4 rings (SSSR count). The summed E-state index contributed by atoms with van der Waals surface area (Å²) in [6.45, 7) is 9.87. The maximum atomic E-state index is 5.89. The van der Waals surface area contributed by atoms with E-state index >= 15 is 0 Å². The molecule has 2 atom stereocenters. The second-order valence-electron chi connectivity index (χ2n) is 7.28. The predicted octanol–water partition coefficient (Wildman–Crippen LogP) is 3.56. The molecule has 27 heavy (non-hydrogen) atoms. The predicted molar refractivity (Wildman–Crippen MR) is 106 cm³/mol. The average molecular weight is 363 g/mol. The van der Waals surface area contributed by atoms with Gasteiger partial charge in [0.1, 0.15) is 5.82 Å². The number of aryl methyl sites for hydroxylation is 2. The van der Waals surface area contributed by atoms with Gasteiger partial charge in [-0.15, -0.1) is 0 Å². The quantitative estimate of drug-likeness (QED) is 0.712. The van der Waals surface area contributed by atoms with Crippen LogP contribution in [-0.2, 0) is 4.74 Å². The lowest BCUT2D eigenvalue weighted by Crippen LogP contribution is -2.46. The molecule has 0 saturated carbocycles. The van der Waals surface area contributed by atoms with Gasteiger partial charge in [0.05, 0.1) is 17.9 Å². The van der Waals surface area contributed by atoms with Crippen LogP contribution in [0.1, 0.15) is 25.2 Å². The van der Waals surface area contributed by atoms with Crippen LogP contribution < -0.4 is 4.90 Å². The molecule has 3 heterocycles. The fourth-order valence-electron chi connectivity index (χ4n) is 3.63. The lowest BCUT2D eigenvalue weighted by atomic mass is 10.2. The second-order valence-corrected chi connectivity index (χ2v) is 7.28. The van der Waals surface area contributed by atoms with Gasteiger partial charge in [0.25, 0.3) is 0 Å². The van der Waals surface area contributed by atoms with Crippen molar-refractivity contribution in [1.29, 1.82) is 0 Å². The topological polar surface area (TPSA) is 56.1 Å². The molecule has 3 aromatic rings. The first kappa shape index (κ1) is 17.7.